The zero-order valence-electron chi connectivity index (χ0n) is 16.7. The van der Waals surface area contributed by atoms with Crippen LogP contribution in [0.3, 0.4) is 0 Å². The molecule has 0 aromatic heterocycles. The number of carbonyl (C=O) groups is 3. The first kappa shape index (κ1) is 20.7. The standard InChI is InChI=1S/C19H25FN4O5/c1-4-28-18(26)21-13-7-8-23(10-13)16-6-5-14(9-15(16)20)24-11-17(29-19(24)27)22(3)12(2)25/h5-6,9,13,17H,4,7-8,10-11H2,1-3H3,(H,21,26). The SMILES string of the molecule is CCOC(=O)NC1CCN(c2ccc(N3CC(N(C)C(C)=O)OC3=O)cc2F)C1. The van der Waals surface area contributed by atoms with E-state index in [4.69, 9.17) is 9.47 Å². The Morgan fingerprint density at radius 1 is 1.38 bits per heavy atom. The Bertz CT molecular complexity index is 805. The summed E-state index contributed by atoms with van der Waals surface area (Å²) in [6, 6.07) is 4.40. The summed E-state index contributed by atoms with van der Waals surface area (Å²) in [4.78, 5) is 39.6. The third kappa shape index (κ3) is 4.52. The van der Waals surface area contributed by atoms with Gasteiger partial charge in [-0.3, -0.25) is 9.69 Å². The number of halogens is 1. The minimum absolute atomic E-state index is 0.121. The molecule has 0 spiro atoms. The quantitative estimate of drug-likeness (QED) is 0.800. The van der Waals surface area contributed by atoms with Gasteiger partial charge in [-0.2, -0.15) is 0 Å². The maximum absolute atomic E-state index is 14.8. The van der Waals surface area contributed by atoms with Crippen LogP contribution in [0.2, 0.25) is 0 Å². The Morgan fingerprint density at radius 2 is 2.14 bits per heavy atom. The van der Waals surface area contributed by atoms with E-state index in [1.165, 1.54) is 22.8 Å². The topological polar surface area (TPSA) is 91.4 Å². The molecule has 2 aliphatic rings. The van der Waals surface area contributed by atoms with Gasteiger partial charge in [0, 0.05) is 27.1 Å². The van der Waals surface area contributed by atoms with Crippen molar-refractivity contribution >= 4 is 29.5 Å². The molecular formula is C19H25FN4O5. The number of hydrogen-bond donors (Lipinski definition) is 1. The van der Waals surface area contributed by atoms with Gasteiger partial charge in [-0.25, -0.2) is 14.0 Å². The second kappa shape index (κ2) is 8.54. The number of amides is 3. The van der Waals surface area contributed by atoms with Crippen molar-refractivity contribution in [2.24, 2.45) is 0 Å². The predicted molar refractivity (Wildman–Crippen MR) is 103 cm³/mol. The Morgan fingerprint density at radius 3 is 2.79 bits per heavy atom. The van der Waals surface area contributed by atoms with Crippen molar-refractivity contribution in [3.05, 3.63) is 24.0 Å². The Labute approximate surface area is 168 Å². The van der Waals surface area contributed by atoms with Crippen LogP contribution in [0.5, 0.6) is 0 Å². The molecule has 29 heavy (non-hydrogen) atoms. The van der Waals surface area contributed by atoms with Crippen LogP contribution in [-0.2, 0) is 14.3 Å². The molecule has 2 saturated heterocycles. The van der Waals surface area contributed by atoms with Crippen molar-refractivity contribution in [2.45, 2.75) is 32.5 Å². The number of ether oxygens (including phenoxy) is 2. The van der Waals surface area contributed by atoms with Gasteiger partial charge in [0.1, 0.15) is 5.82 Å². The van der Waals surface area contributed by atoms with E-state index in [1.54, 1.807) is 26.1 Å². The molecule has 1 aromatic rings. The summed E-state index contributed by atoms with van der Waals surface area (Å²) in [7, 11) is 1.54. The largest absolute Gasteiger partial charge is 0.450 e. The third-order valence-electron chi connectivity index (χ3n) is 5.09. The maximum Gasteiger partial charge on any atom is 0.416 e. The van der Waals surface area contributed by atoms with Crippen LogP contribution in [-0.4, -0.2) is 68.6 Å². The number of nitrogens with zero attached hydrogens (tertiary/aromatic N) is 3. The number of anilines is 2. The lowest BCUT2D eigenvalue weighted by molar-refractivity contribution is -0.134. The molecule has 10 heteroatoms. The number of hydrogen-bond acceptors (Lipinski definition) is 6. The first-order chi connectivity index (χ1) is 13.8. The summed E-state index contributed by atoms with van der Waals surface area (Å²) in [5.41, 5.74) is 0.753. The van der Waals surface area contributed by atoms with Crippen molar-refractivity contribution in [1.29, 1.82) is 0 Å². The molecule has 3 rings (SSSR count). The van der Waals surface area contributed by atoms with Crippen LogP contribution in [0.1, 0.15) is 20.3 Å². The third-order valence-corrected chi connectivity index (χ3v) is 5.09. The molecular weight excluding hydrogens is 383 g/mol. The van der Waals surface area contributed by atoms with E-state index in [0.717, 1.165) is 0 Å². The summed E-state index contributed by atoms with van der Waals surface area (Å²) in [5.74, 6) is -0.707. The lowest BCUT2D eigenvalue weighted by Crippen LogP contribution is -2.38. The average molecular weight is 408 g/mol. The van der Waals surface area contributed by atoms with Crippen LogP contribution in [0.4, 0.5) is 25.4 Å². The Balaban J connectivity index is 1.66. The molecule has 2 aliphatic heterocycles. The summed E-state index contributed by atoms with van der Waals surface area (Å²) < 4.78 is 24.9. The van der Waals surface area contributed by atoms with E-state index in [-0.39, 0.29) is 18.5 Å². The fourth-order valence-corrected chi connectivity index (χ4v) is 3.42. The molecule has 0 aliphatic carbocycles. The van der Waals surface area contributed by atoms with Crippen molar-refractivity contribution in [3.8, 4) is 0 Å². The molecule has 1 aromatic carbocycles. The Hall–Kier alpha value is -3.04. The van der Waals surface area contributed by atoms with E-state index >= 15 is 0 Å². The fraction of sp³-hybridized carbons (Fsp3) is 0.526. The van der Waals surface area contributed by atoms with E-state index in [0.29, 0.717) is 37.5 Å². The highest BCUT2D eigenvalue weighted by Gasteiger charge is 2.36. The monoisotopic (exact) mass is 408 g/mol. The highest BCUT2D eigenvalue weighted by Crippen LogP contribution is 2.30. The van der Waals surface area contributed by atoms with Crippen molar-refractivity contribution in [3.63, 3.8) is 0 Å². The molecule has 2 atom stereocenters. The zero-order chi connectivity index (χ0) is 21.1. The molecule has 3 amide bonds. The van der Waals surface area contributed by atoms with Gasteiger partial charge >= 0.3 is 12.2 Å². The van der Waals surface area contributed by atoms with Crippen LogP contribution in [0.25, 0.3) is 0 Å². The van der Waals surface area contributed by atoms with E-state index < -0.39 is 24.2 Å². The molecule has 2 unspecified atom stereocenters. The number of cyclic esters (lactones) is 1. The second-order valence-electron chi connectivity index (χ2n) is 7.01. The molecule has 0 radical (unpaired) electrons. The predicted octanol–water partition coefficient (Wildman–Crippen LogP) is 1.91. The lowest BCUT2D eigenvalue weighted by Gasteiger charge is -2.22. The zero-order valence-corrected chi connectivity index (χ0v) is 16.7. The fourth-order valence-electron chi connectivity index (χ4n) is 3.42. The van der Waals surface area contributed by atoms with Gasteiger partial charge in [0.05, 0.1) is 30.6 Å². The molecule has 0 bridgehead atoms. The summed E-state index contributed by atoms with van der Waals surface area (Å²) in [6.07, 6.45) is -1.14. The van der Waals surface area contributed by atoms with Gasteiger partial charge in [-0.15, -0.1) is 0 Å². The molecule has 9 nitrogen and oxygen atoms in total. The van der Waals surface area contributed by atoms with Crippen molar-refractivity contribution in [1.82, 2.24) is 10.2 Å². The van der Waals surface area contributed by atoms with Crippen molar-refractivity contribution < 1.29 is 28.2 Å². The summed E-state index contributed by atoms with van der Waals surface area (Å²) in [6.45, 7) is 4.58. The van der Waals surface area contributed by atoms with E-state index in [1.807, 2.05) is 4.90 Å². The van der Waals surface area contributed by atoms with Crippen molar-refractivity contribution in [2.75, 3.05) is 43.1 Å². The highest BCUT2D eigenvalue weighted by atomic mass is 19.1. The molecule has 2 heterocycles. The van der Waals surface area contributed by atoms with Gasteiger partial charge in [-0.05, 0) is 31.5 Å². The van der Waals surface area contributed by atoms with Crippen LogP contribution in [0.15, 0.2) is 18.2 Å². The van der Waals surface area contributed by atoms with Gasteiger partial charge in [0.2, 0.25) is 5.91 Å². The van der Waals surface area contributed by atoms with Gasteiger partial charge in [0.25, 0.3) is 0 Å². The molecule has 1 N–H and O–H groups in total. The highest BCUT2D eigenvalue weighted by molar-refractivity contribution is 5.90. The number of nitrogens with one attached hydrogen (secondary N) is 1. The average Bonchev–Trinajstić information content (AvgIpc) is 3.27. The Kier molecular flexibility index (Phi) is 6.09. The first-order valence-corrected chi connectivity index (χ1v) is 9.49. The molecule has 0 saturated carbocycles. The number of benzene rings is 1. The van der Waals surface area contributed by atoms with Gasteiger partial charge in [0.15, 0.2) is 6.23 Å². The summed E-state index contributed by atoms with van der Waals surface area (Å²) in [5, 5.41) is 2.76. The minimum Gasteiger partial charge on any atom is -0.450 e. The van der Waals surface area contributed by atoms with E-state index in [9.17, 15) is 18.8 Å². The van der Waals surface area contributed by atoms with E-state index in [2.05, 4.69) is 5.32 Å². The minimum atomic E-state index is -0.712. The van der Waals surface area contributed by atoms with Crippen LogP contribution < -0.4 is 15.1 Å². The summed E-state index contributed by atoms with van der Waals surface area (Å²) >= 11 is 0. The lowest BCUT2D eigenvalue weighted by atomic mass is 10.2. The number of carbonyl (C=O) groups excluding carboxylic acids is 3. The smallest absolute Gasteiger partial charge is 0.416 e. The number of likely N-dealkylation sites (N-methyl/N-ethyl adjacent to an activating group) is 1. The van der Waals surface area contributed by atoms with Crippen LogP contribution in [0, 0.1) is 5.82 Å². The number of rotatable bonds is 5. The number of alkyl carbamates (subject to hydrolysis) is 1. The second-order valence-corrected chi connectivity index (χ2v) is 7.01. The normalized spacial score (nSPS) is 21.2. The molecule has 158 valence electrons. The van der Waals surface area contributed by atoms with Gasteiger partial charge < -0.3 is 24.6 Å². The van der Waals surface area contributed by atoms with Crippen LogP contribution >= 0.6 is 0 Å². The van der Waals surface area contributed by atoms with Gasteiger partial charge in [-0.1, -0.05) is 0 Å². The molecule has 2 fully saturated rings. The first-order valence-electron chi connectivity index (χ1n) is 9.49. The maximum atomic E-state index is 14.8.